The molecule has 0 radical (unpaired) electrons. The Morgan fingerprint density at radius 3 is 2.71 bits per heavy atom. The van der Waals surface area contributed by atoms with Crippen LogP contribution in [0, 0.1) is 10.1 Å². The second-order valence-electron chi connectivity index (χ2n) is 5.03. The summed E-state index contributed by atoms with van der Waals surface area (Å²) in [7, 11) is 0. The molecule has 2 aromatic carbocycles. The number of rotatable bonds is 2. The van der Waals surface area contributed by atoms with Gasteiger partial charge >= 0.3 is 0 Å². The monoisotopic (exact) mass is 286 g/mol. The zero-order valence-electron chi connectivity index (χ0n) is 11.1. The highest BCUT2D eigenvalue weighted by Gasteiger charge is 2.24. The summed E-state index contributed by atoms with van der Waals surface area (Å²) < 4.78 is 0. The number of nitrogens with zero attached hydrogens (tertiary/aromatic N) is 1. The molecule has 3 rings (SSSR count). The number of hydrogen-bond acceptors (Lipinski definition) is 5. The second kappa shape index (κ2) is 5.06. The minimum absolute atomic E-state index is 0.0319. The van der Waals surface area contributed by atoms with Crippen LogP contribution < -0.4 is 5.32 Å². The van der Waals surface area contributed by atoms with Gasteiger partial charge in [-0.25, -0.2) is 0 Å². The van der Waals surface area contributed by atoms with Gasteiger partial charge in [-0.2, -0.15) is 0 Å². The first-order chi connectivity index (χ1) is 10.1. The SMILES string of the molecule is O=[N+]([O-])c1cccc([C@@H]2NCCc3cc(O)c(O)cc32)c1. The van der Waals surface area contributed by atoms with Crippen molar-refractivity contribution in [1.82, 2.24) is 5.32 Å². The summed E-state index contributed by atoms with van der Waals surface area (Å²) in [6, 6.07) is 9.25. The third kappa shape index (κ3) is 2.41. The lowest BCUT2D eigenvalue weighted by atomic mass is 9.89. The number of nitro benzene ring substituents is 1. The van der Waals surface area contributed by atoms with E-state index in [2.05, 4.69) is 5.32 Å². The van der Waals surface area contributed by atoms with E-state index in [-0.39, 0.29) is 23.2 Å². The average molecular weight is 286 g/mol. The molecule has 0 fully saturated rings. The molecule has 1 heterocycles. The van der Waals surface area contributed by atoms with Gasteiger partial charge in [0, 0.05) is 18.7 Å². The lowest BCUT2D eigenvalue weighted by Crippen LogP contribution is -2.30. The van der Waals surface area contributed by atoms with Crippen molar-refractivity contribution in [2.24, 2.45) is 0 Å². The van der Waals surface area contributed by atoms with Gasteiger partial charge in [0.15, 0.2) is 11.5 Å². The Balaban J connectivity index is 2.08. The number of hydrogen-bond donors (Lipinski definition) is 3. The van der Waals surface area contributed by atoms with Crippen LogP contribution in [0.4, 0.5) is 5.69 Å². The summed E-state index contributed by atoms with van der Waals surface area (Å²) in [6.07, 6.45) is 0.731. The first-order valence-electron chi connectivity index (χ1n) is 6.59. The van der Waals surface area contributed by atoms with Gasteiger partial charge in [0.25, 0.3) is 5.69 Å². The van der Waals surface area contributed by atoms with E-state index in [1.807, 2.05) is 6.07 Å². The van der Waals surface area contributed by atoms with Gasteiger partial charge in [0.1, 0.15) is 0 Å². The largest absolute Gasteiger partial charge is 0.504 e. The molecule has 0 aliphatic carbocycles. The zero-order valence-corrected chi connectivity index (χ0v) is 11.1. The predicted octanol–water partition coefficient (Wildman–Crippen LogP) is 2.24. The fourth-order valence-corrected chi connectivity index (χ4v) is 2.70. The average Bonchev–Trinajstić information content (AvgIpc) is 2.48. The van der Waals surface area contributed by atoms with Crippen molar-refractivity contribution in [1.29, 1.82) is 0 Å². The molecule has 108 valence electrons. The molecule has 0 amide bonds. The second-order valence-corrected chi connectivity index (χ2v) is 5.03. The van der Waals surface area contributed by atoms with Crippen molar-refractivity contribution >= 4 is 5.69 Å². The summed E-state index contributed by atoms with van der Waals surface area (Å²) in [5.74, 6) is -0.332. The normalized spacial score (nSPS) is 17.2. The van der Waals surface area contributed by atoms with Gasteiger partial charge in [-0.05, 0) is 35.2 Å². The van der Waals surface area contributed by atoms with E-state index in [4.69, 9.17) is 0 Å². The maximum Gasteiger partial charge on any atom is 0.269 e. The minimum Gasteiger partial charge on any atom is -0.504 e. The van der Waals surface area contributed by atoms with E-state index >= 15 is 0 Å². The number of non-ortho nitro benzene ring substituents is 1. The molecule has 0 unspecified atom stereocenters. The van der Waals surface area contributed by atoms with E-state index in [0.717, 1.165) is 23.1 Å². The number of nitro groups is 1. The number of fused-ring (bicyclic) bond motifs is 1. The van der Waals surface area contributed by atoms with Crippen molar-refractivity contribution in [3.05, 3.63) is 63.2 Å². The van der Waals surface area contributed by atoms with Crippen molar-refractivity contribution in [3.8, 4) is 11.5 Å². The van der Waals surface area contributed by atoms with Crippen LogP contribution in [0.25, 0.3) is 0 Å². The Hall–Kier alpha value is -2.60. The molecule has 6 heteroatoms. The molecule has 0 aromatic heterocycles. The van der Waals surface area contributed by atoms with Gasteiger partial charge in [-0.15, -0.1) is 0 Å². The quantitative estimate of drug-likeness (QED) is 0.447. The molecule has 0 spiro atoms. The maximum atomic E-state index is 10.9. The molecular weight excluding hydrogens is 272 g/mol. The zero-order chi connectivity index (χ0) is 15.0. The van der Waals surface area contributed by atoms with Crippen LogP contribution in [0.2, 0.25) is 0 Å². The van der Waals surface area contributed by atoms with E-state index in [9.17, 15) is 20.3 Å². The van der Waals surface area contributed by atoms with Crippen molar-refractivity contribution in [3.63, 3.8) is 0 Å². The molecule has 3 N–H and O–H groups in total. The molecule has 0 bridgehead atoms. The summed E-state index contributed by atoms with van der Waals surface area (Å²) in [6.45, 7) is 0.699. The Morgan fingerprint density at radius 2 is 1.95 bits per heavy atom. The molecule has 1 atom stereocenters. The topological polar surface area (TPSA) is 95.6 Å². The number of phenols is 2. The van der Waals surface area contributed by atoms with Crippen LogP contribution in [0.5, 0.6) is 11.5 Å². The first-order valence-corrected chi connectivity index (χ1v) is 6.59. The van der Waals surface area contributed by atoms with Crippen LogP contribution in [-0.4, -0.2) is 21.7 Å². The Labute approximate surface area is 120 Å². The number of benzene rings is 2. The minimum atomic E-state index is -0.429. The molecule has 0 saturated carbocycles. The standard InChI is InChI=1S/C15H14N2O4/c18-13-7-9-4-5-16-15(12(9)8-14(13)19)10-2-1-3-11(6-10)17(20)21/h1-3,6-8,15-16,18-19H,4-5H2/t15-/m0/s1. The van der Waals surface area contributed by atoms with Gasteiger partial charge < -0.3 is 15.5 Å². The number of phenolic OH excluding ortho intramolecular Hbond substituents is 2. The molecular formula is C15H14N2O4. The maximum absolute atomic E-state index is 10.9. The van der Waals surface area contributed by atoms with Crippen LogP contribution in [0.1, 0.15) is 22.7 Å². The fourth-order valence-electron chi connectivity index (χ4n) is 2.70. The van der Waals surface area contributed by atoms with E-state index in [0.29, 0.717) is 6.54 Å². The summed E-state index contributed by atoms with van der Waals surface area (Å²) >= 11 is 0. The van der Waals surface area contributed by atoms with Crippen LogP contribution >= 0.6 is 0 Å². The van der Waals surface area contributed by atoms with Gasteiger partial charge in [-0.1, -0.05) is 12.1 Å². The first kappa shape index (κ1) is 13.4. The number of aromatic hydroxyl groups is 2. The highest BCUT2D eigenvalue weighted by atomic mass is 16.6. The lowest BCUT2D eigenvalue weighted by Gasteiger charge is -2.27. The third-order valence-corrected chi connectivity index (χ3v) is 3.70. The van der Waals surface area contributed by atoms with Crippen molar-refractivity contribution in [2.75, 3.05) is 6.54 Å². The fraction of sp³-hybridized carbons (Fsp3) is 0.200. The highest BCUT2D eigenvalue weighted by molar-refractivity contribution is 5.51. The third-order valence-electron chi connectivity index (χ3n) is 3.70. The molecule has 21 heavy (non-hydrogen) atoms. The van der Waals surface area contributed by atoms with E-state index in [1.165, 1.54) is 18.2 Å². The molecule has 2 aromatic rings. The summed E-state index contributed by atoms with van der Waals surface area (Å²) in [5, 5.41) is 33.5. The molecule has 6 nitrogen and oxygen atoms in total. The highest BCUT2D eigenvalue weighted by Crippen LogP contribution is 2.36. The van der Waals surface area contributed by atoms with Gasteiger partial charge in [0.05, 0.1) is 11.0 Å². The summed E-state index contributed by atoms with van der Waals surface area (Å²) in [5.41, 5.74) is 2.55. The van der Waals surface area contributed by atoms with Crippen LogP contribution in [0.3, 0.4) is 0 Å². The Bertz CT molecular complexity index is 715. The predicted molar refractivity (Wildman–Crippen MR) is 76.4 cm³/mol. The molecule has 1 aliphatic heterocycles. The molecule has 1 aliphatic rings. The lowest BCUT2D eigenvalue weighted by molar-refractivity contribution is -0.384. The van der Waals surface area contributed by atoms with Gasteiger partial charge in [-0.3, -0.25) is 10.1 Å². The Morgan fingerprint density at radius 1 is 1.19 bits per heavy atom. The number of nitrogens with one attached hydrogen (secondary N) is 1. The smallest absolute Gasteiger partial charge is 0.269 e. The Kier molecular flexibility index (Phi) is 3.23. The van der Waals surface area contributed by atoms with Gasteiger partial charge in [0.2, 0.25) is 0 Å². The van der Waals surface area contributed by atoms with Crippen LogP contribution in [-0.2, 0) is 6.42 Å². The molecule has 0 saturated heterocycles. The van der Waals surface area contributed by atoms with Crippen molar-refractivity contribution in [2.45, 2.75) is 12.5 Å². The van der Waals surface area contributed by atoms with Crippen LogP contribution in [0.15, 0.2) is 36.4 Å². The van der Waals surface area contributed by atoms with E-state index < -0.39 is 4.92 Å². The summed E-state index contributed by atoms with van der Waals surface area (Å²) in [4.78, 5) is 10.5. The van der Waals surface area contributed by atoms with Crippen molar-refractivity contribution < 1.29 is 15.1 Å². The van der Waals surface area contributed by atoms with E-state index in [1.54, 1.807) is 12.1 Å².